The Balaban J connectivity index is 2.41. The quantitative estimate of drug-likeness (QED) is 0.748. The fourth-order valence-corrected chi connectivity index (χ4v) is 2.39. The van der Waals surface area contributed by atoms with Gasteiger partial charge in [0.15, 0.2) is 0 Å². The molecule has 14 heavy (non-hydrogen) atoms. The first-order chi connectivity index (χ1) is 6.58. The number of hydrogen-bond donors (Lipinski definition) is 2. The average Bonchev–Trinajstić information content (AvgIpc) is 2.55. The molecule has 0 saturated carbocycles. The molecule has 1 heterocycles. The van der Waals surface area contributed by atoms with E-state index in [0.29, 0.717) is 13.0 Å². The van der Waals surface area contributed by atoms with Crippen LogP contribution in [0, 0.1) is 12.8 Å². The summed E-state index contributed by atoms with van der Waals surface area (Å²) in [6, 6.07) is 1.94. The van der Waals surface area contributed by atoms with Gasteiger partial charge in [0.05, 0.1) is 5.60 Å². The van der Waals surface area contributed by atoms with Gasteiger partial charge in [-0.2, -0.15) is 0 Å². The molecule has 0 aliphatic heterocycles. The summed E-state index contributed by atoms with van der Waals surface area (Å²) in [6.07, 6.45) is 1.43. The van der Waals surface area contributed by atoms with Gasteiger partial charge in [-0.05, 0) is 31.9 Å². The smallest absolute Gasteiger partial charge is 0.110 e. The lowest BCUT2D eigenvalue weighted by atomic mass is 9.86. The van der Waals surface area contributed by atoms with Gasteiger partial charge in [-0.1, -0.05) is 6.92 Å². The molecule has 3 N–H and O–H groups in total. The molecule has 0 bridgehead atoms. The Morgan fingerprint density at radius 2 is 2.43 bits per heavy atom. The van der Waals surface area contributed by atoms with Gasteiger partial charge in [0.1, 0.15) is 11.5 Å². The second kappa shape index (κ2) is 3.11. The van der Waals surface area contributed by atoms with Gasteiger partial charge < -0.3 is 15.3 Å². The molecule has 0 radical (unpaired) electrons. The molecule has 1 aromatic heterocycles. The van der Waals surface area contributed by atoms with Gasteiger partial charge in [0, 0.05) is 12.0 Å². The van der Waals surface area contributed by atoms with Crippen molar-refractivity contribution in [2.75, 3.05) is 6.54 Å². The average molecular weight is 195 g/mol. The maximum Gasteiger partial charge on any atom is 0.110 e. The summed E-state index contributed by atoms with van der Waals surface area (Å²) in [6.45, 7) is 4.46. The summed E-state index contributed by atoms with van der Waals surface area (Å²) >= 11 is 0. The van der Waals surface area contributed by atoms with E-state index in [0.717, 1.165) is 23.5 Å². The monoisotopic (exact) mass is 195 g/mol. The molecule has 3 heteroatoms. The van der Waals surface area contributed by atoms with Crippen molar-refractivity contribution in [3.63, 3.8) is 0 Å². The van der Waals surface area contributed by atoms with Crippen LogP contribution in [0.15, 0.2) is 10.5 Å². The van der Waals surface area contributed by atoms with E-state index in [1.165, 1.54) is 0 Å². The van der Waals surface area contributed by atoms with E-state index < -0.39 is 5.60 Å². The summed E-state index contributed by atoms with van der Waals surface area (Å²) in [5.41, 5.74) is 5.72. The minimum absolute atomic E-state index is 0.209. The van der Waals surface area contributed by atoms with Crippen LogP contribution in [0.3, 0.4) is 0 Å². The van der Waals surface area contributed by atoms with Crippen LogP contribution in [0.1, 0.15) is 30.4 Å². The van der Waals surface area contributed by atoms with Crippen LogP contribution in [-0.4, -0.2) is 11.7 Å². The fourth-order valence-electron chi connectivity index (χ4n) is 2.39. The van der Waals surface area contributed by atoms with E-state index >= 15 is 0 Å². The molecule has 1 aliphatic carbocycles. The Labute approximate surface area is 83.9 Å². The number of aryl methyl sites for hydroxylation is 1. The zero-order chi connectivity index (χ0) is 10.3. The SMILES string of the molecule is Cc1cc2c(o1)CC(C)C2(O)CCN. The van der Waals surface area contributed by atoms with Crippen molar-refractivity contribution in [1.29, 1.82) is 0 Å². The van der Waals surface area contributed by atoms with Gasteiger partial charge in [-0.25, -0.2) is 0 Å². The summed E-state index contributed by atoms with van der Waals surface area (Å²) in [5, 5.41) is 10.5. The molecule has 2 rings (SSSR count). The Hall–Kier alpha value is -0.800. The third-order valence-corrected chi connectivity index (χ3v) is 3.23. The third-order valence-electron chi connectivity index (χ3n) is 3.23. The topological polar surface area (TPSA) is 59.4 Å². The predicted molar refractivity (Wildman–Crippen MR) is 53.9 cm³/mol. The van der Waals surface area contributed by atoms with Crippen molar-refractivity contribution in [3.8, 4) is 0 Å². The van der Waals surface area contributed by atoms with Crippen LogP contribution < -0.4 is 5.73 Å². The number of furan rings is 1. The van der Waals surface area contributed by atoms with Crippen LogP contribution >= 0.6 is 0 Å². The standard InChI is InChI=1S/C11H17NO2/c1-7-5-10-9(6-8(2)14-10)11(7,13)3-4-12/h6-7,13H,3-5,12H2,1-2H3. The lowest BCUT2D eigenvalue weighted by molar-refractivity contribution is -0.0102. The molecule has 0 aromatic carbocycles. The van der Waals surface area contributed by atoms with Crippen molar-refractivity contribution >= 4 is 0 Å². The molecule has 1 aromatic rings. The minimum atomic E-state index is -0.762. The zero-order valence-corrected chi connectivity index (χ0v) is 8.71. The Bertz CT molecular complexity index is 345. The van der Waals surface area contributed by atoms with E-state index in [-0.39, 0.29) is 5.92 Å². The third kappa shape index (κ3) is 1.20. The Morgan fingerprint density at radius 3 is 3.07 bits per heavy atom. The zero-order valence-electron chi connectivity index (χ0n) is 8.71. The summed E-state index contributed by atoms with van der Waals surface area (Å²) in [4.78, 5) is 0. The van der Waals surface area contributed by atoms with Crippen molar-refractivity contribution in [2.24, 2.45) is 11.7 Å². The van der Waals surface area contributed by atoms with Crippen LogP contribution in [-0.2, 0) is 12.0 Å². The highest BCUT2D eigenvalue weighted by atomic mass is 16.3. The fraction of sp³-hybridized carbons (Fsp3) is 0.636. The highest BCUT2D eigenvalue weighted by molar-refractivity contribution is 5.34. The largest absolute Gasteiger partial charge is 0.466 e. The second-order valence-electron chi connectivity index (χ2n) is 4.26. The molecule has 2 atom stereocenters. The molecule has 2 unspecified atom stereocenters. The first kappa shape index (κ1) is 9.74. The first-order valence-electron chi connectivity index (χ1n) is 5.10. The van der Waals surface area contributed by atoms with Crippen LogP contribution in [0.25, 0.3) is 0 Å². The molecule has 0 spiro atoms. The van der Waals surface area contributed by atoms with Crippen molar-refractivity contribution in [2.45, 2.75) is 32.3 Å². The van der Waals surface area contributed by atoms with E-state index in [2.05, 4.69) is 0 Å². The minimum Gasteiger partial charge on any atom is -0.466 e. The van der Waals surface area contributed by atoms with Crippen LogP contribution in [0.2, 0.25) is 0 Å². The van der Waals surface area contributed by atoms with Gasteiger partial charge in [-0.15, -0.1) is 0 Å². The number of hydrogen-bond acceptors (Lipinski definition) is 3. The lowest BCUT2D eigenvalue weighted by Crippen LogP contribution is -2.32. The number of rotatable bonds is 2. The van der Waals surface area contributed by atoms with Gasteiger partial charge in [-0.3, -0.25) is 0 Å². The van der Waals surface area contributed by atoms with E-state index in [1.54, 1.807) is 0 Å². The maximum atomic E-state index is 10.5. The Morgan fingerprint density at radius 1 is 1.71 bits per heavy atom. The van der Waals surface area contributed by atoms with Crippen molar-refractivity contribution in [1.82, 2.24) is 0 Å². The van der Waals surface area contributed by atoms with Crippen LogP contribution in [0.4, 0.5) is 0 Å². The van der Waals surface area contributed by atoms with Crippen LogP contribution in [0.5, 0.6) is 0 Å². The summed E-state index contributed by atoms with van der Waals surface area (Å²) in [5.74, 6) is 2.02. The highest BCUT2D eigenvalue weighted by Gasteiger charge is 2.44. The van der Waals surface area contributed by atoms with Crippen molar-refractivity contribution in [3.05, 3.63) is 23.2 Å². The van der Waals surface area contributed by atoms with Gasteiger partial charge in [0.2, 0.25) is 0 Å². The molecule has 1 aliphatic rings. The molecule has 78 valence electrons. The van der Waals surface area contributed by atoms with Crippen molar-refractivity contribution < 1.29 is 9.52 Å². The number of nitrogens with two attached hydrogens (primary N) is 1. The predicted octanol–water partition coefficient (Wildman–Crippen LogP) is 1.32. The van der Waals surface area contributed by atoms with Gasteiger partial charge in [0.25, 0.3) is 0 Å². The molecular weight excluding hydrogens is 178 g/mol. The summed E-state index contributed by atoms with van der Waals surface area (Å²) < 4.78 is 5.54. The number of aliphatic hydroxyl groups is 1. The molecule has 3 nitrogen and oxygen atoms in total. The molecule has 0 amide bonds. The highest BCUT2D eigenvalue weighted by Crippen LogP contribution is 2.44. The van der Waals surface area contributed by atoms with Gasteiger partial charge >= 0.3 is 0 Å². The molecule has 0 fully saturated rings. The number of fused-ring (bicyclic) bond motifs is 1. The van der Waals surface area contributed by atoms with E-state index in [1.807, 2.05) is 19.9 Å². The lowest BCUT2D eigenvalue weighted by Gasteiger charge is -2.27. The Kier molecular flexibility index (Phi) is 2.16. The first-order valence-corrected chi connectivity index (χ1v) is 5.10. The second-order valence-corrected chi connectivity index (χ2v) is 4.26. The van der Waals surface area contributed by atoms with E-state index in [9.17, 15) is 5.11 Å². The summed E-state index contributed by atoms with van der Waals surface area (Å²) in [7, 11) is 0. The van der Waals surface area contributed by atoms with E-state index in [4.69, 9.17) is 10.2 Å². The molecule has 0 saturated heterocycles. The maximum absolute atomic E-state index is 10.5. The molecular formula is C11H17NO2. The normalized spacial score (nSPS) is 30.7.